The van der Waals surface area contributed by atoms with E-state index in [0.717, 1.165) is 9.79 Å². The topological polar surface area (TPSA) is 34.1 Å². The predicted octanol–water partition coefficient (Wildman–Crippen LogP) is 4.63. The highest BCUT2D eigenvalue weighted by Crippen LogP contribution is 2.42. The number of rotatable bonds is 1. The van der Waals surface area contributed by atoms with Crippen molar-refractivity contribution in [3.8, 4) is 0 Å². The molecule has 0 atom stereocenters. The molecule has 0 bridgehead atoms. The molecule has 0 saturated heterocycles. The molecule has 21 heavy (non-hydrogen) atoms. The molecular formula is C18H16O2S. The first-order valence-electron chi connectivity index (χ1n) is 7.03. The third kappa shape index (κ3) is 2.12. The van der Waals surface area contributed by atoms with Gasteiger partial charge in [0.2, 0.25) is 0 Å². The summed E-state index contributed by atoms with van der Waals surface area (Å²) >= 11 is 1.49. The maximum Gasteiger partial charge on any atom is 0.177 e. The predicted molar refractivity (Wildman–Crippen MR) is 84.1 cm³/mol. The van der Waals surface area contributed by atoms with Crippen LogP contribution in [0.25, 0.3) is 0 Å². The van der Waals surface area contributed by atoms with Gasteiger partial charge in [0.05, 0.1) is 5.41 Å². The Morgan fingerprint density at radius 2 is 1.29 bits per heavy atom. The zero-order valence-electron chi connectivity index (χ0n) is 12.1. The maximum absolute atomic E-state index is 12.9. The maximum atomic E-state index is 12.9. The van der Waals surface area contributed by atoms with Crippen LogP contribution in [0.15, 0.2) is 58.3 Å². The lowest BCUT2D eigenvalue weighted by atomic mass is 9.74. The highest BCUT2D eigenvalue weighted by Gasteiger charge is 2.42. The Bertz CT molecular complexity index is 676. The van der Waals surface area contributed by atoms with E-state index in [1.54, 1.807) is 6.92 Å². The third-order valence-corrected chi connectivity index (χ3v) is 5.34. The summed E-state index contributed by atoms with van der Waals surface area (Å²) in [5, 5.41) is 0. The molecule has 1 heterocycles. The van der Waals surface area contributed by atoms with E-state index in [9.17, 15) is 9.59 Å². The lowest BCUT2D eigenvalue weighted by molar-refractivity contribution is 0.0676. The second-order valence-electron chi connectivity index (χ2n) is 5.44. The first kappa shape index (κ1) is 14.1. The van der Waals surface area contributed by atoms with Gasteiger partial charge < -0.3 is 0 Å². The average molecular weight is 296 g/mol. The van der Waals surface area contributed by atoms with E-state index in [0.29, 0.717) is 17.5 Å². The minimum absolute atomic E-state index is 0.0763. The van der Waals surface area contributed by atoms with Crippen molar-refractivity contribution in [2.45, 2.75) is 30.1 Å². The van der Waals surface area contributed by atoms with Crippen LogP contribution in [0.2, 0.25) is 0 Å². The Morgan fingerprint density at radius 1 is 0.857 bits per heavy atom. The highest BCUT2D eigenvalue weighted by atomic mass is 32.2. The van der Waals surface area contributed by atoms with Gasteiger partial charge in [-0.25, -0.2) is 0 Å². The zero-order valence-corrected chi connectivity index (χ0v) is 12.9. The second kappa shape index (κ2) is 5.15. The van der Waals surface area contributed by atoms with Crippen LogP contribution in [0.1, 0.15) is 41.0 Å². The number of Topliss-reactive ketones (excluding diaryl/α,β-unsaturated/α-hetero) is 2. The number of hydrogen-bond acceptors (Lipinski definition) is 3. The van der Waals surface area contributed by atoms with Crippen molar-refractivity contribution >= 4 is 23.3 Å². The number of fused-ring (bicyclic) bond motifs is 2. The molecule has 0 aliphatic carbocycles. The summed E-state index contributed by atoms with van der Waals surface area (Å²) in [6.45, 7) is 3.66. The first-order valence-corrected chi connectivity index (χ1v) is 7.85. The monoisotopic (exact) mass is 296 g/mol. The molecule has 3 heteroatoms. The molecule has 3 rings (SSSR count). The van der Waals surface area contributed by atoms with Crippen molar-refractivity contribution in [1.29, 1.82) is 0 Å². The highest BCUT2D eigenvalue weighted by molar-refractivity contribution is 7.99. The van der Waals surface area contributed by atoms with Gasteiger partial charge in [0.25, 0.3) is 0 Å². The molecule has 2 aromatic carbocycles. The normalized spacial score (nSPS) is 16.7. The van der Waals surface area contributed by atoms with Gasteiger partial charge in [0, 0.05) is 20.9 Å². The Labute approximate surface area is 128 Å². The fourth-order valence-electron chi connectivity index (χ4n) is 2.62. The van der Waals surface area contributed by atoms with Gasteiger partial charge in [-0.2, -0.15) is 0 Å². The molecule has 0 unspecified atom stereocenters. The molecular weight excluding hydrogens is 280 g/mol. The molecule has 0 fully saturated rings. The summed E-state index contributed by atoms with van der Waals surface area (Å²) in [7, 11) is 0. The Morgan fingerprint density at radius 3 is 1.71 bits per heavy atom. The summed E-state index contributed by atoms with van der Waals surface area (Å²) < 4.78 is 0. The molecule has 0 radical (unpaired) electrons. The van der Waals surface area contributed by atoms with E-state index in [2.05, 4.69) is 0 Å². The fourth-order valence-corrected chi connectivity index (χ4v) is 3.70. The number of carbonyl (C=O) groups excluding carboxylic acids is 2. The van der Waals surface area contributed by atoms with Crippen molar-refractivity contribution < 1.29 is 9.59 Å². The Kier molecular flexibility index (Phi) is 3.46. The molecule has 2 nitrogen and oxygen atoms in total. The molecule has 1 aliphatic heterocycles. The summed E-state index contributed by atoms with van der Waals surface area (Å²) in [4.78, 5) is 27.7. The molecule has 2 aromatic rings. The minimum Gasteiger partial charge on any atom is -0.293 e. The van der Waals surface area contributed by atoms with E-state index < -0.39 is 5.41 Å². The second-order valence-corrected chi connectivity index (χ2v) is 6.52. The third-order valence-electron chi connectivity index (χ3n) is 4.19. The van der Waals surface area contributed by atoms with Gasteiger partial charge >= 0.3 is 0 Å². The van der Waals surface area contributed by atoms with E-state index in [1.165, 1.54) is 11.8 Å². The van der Waals surface area contributed by atoms with Gasteiger partial charge in [0.1, 0.15) is 0 Å². The number of carbonyl (C=O) groups is 2. The van der Waals surface area contributed by atoms with Crippen LogP contribution in [0, 0.1) is 5.41 Å². The van der Waals surface area contributed by atoms with Crippen molar-refractivity contribution in [1.82, 2.24) is 0 Å². The summed E-state index contributed by atoms with van der Waals surface area (Å²) in [5.41, 5.74) is 0.303. The van der Waals surface area contributed by atoms with Crippen LogP contribution in [0.5, 0.6) is 0 Å². The van der Waals surface area contributed by atoms with E-state index in [1.807, 2.05) is 55.5 Å². The van der Waals surface area contributed by atoms with Gasteiger partial charge in [-0.3, -0.25) is 9.59 Å². The van der Waals surface area contributed by atoms with E-state index in [-0.39, 0.29) is 11.6 Å². The molecule has 106 valence electrons. The molecule has 0 aromatic heterocycles. The molecule has 0 N–H and O–H groups in total. The lowest BCUT2D eigenvalue weighted by Crippen LogP contribution is -2.37. The van der Waals surface area contributed by atoms with Gasteiger partial charge in [-0.05, 0) is 25.5 Å². The summed E-state index contributed by atoms with van der Waals surface area (Å²) in [6, 6.07) is 15.1. The van der Waals surface area contributed by atoms with E-state index >= 15 is 0 Å². The molecule has 1 aliphatic rings. The molecule has 0 amide bonds. The van der Waals surface area contributed by atoms with Crippen molar-refractivity contribution in [3.05, 3.63) is 59.7 Å². The van der Waals surface area contributed by atoms with Crippen LogP contribution >= 0.6 is 11.8 Å². The van der Waals surface area contributed by atoms with Crippen LogP contribution in [0.3, 0.4) is 0 Å². The van der Waals surface area contributed by atoms with Gasteiger partial charge in [-0.15, -0.1) is 0 Å². The summed E-state index contributed by atoms with van der Waals surface area (Å²) in [5.74, 6) is -0.153. The minimum atomic E-state index is -0.993. The fraction of sp³-hybridized carbons (Fsp3) is 0.222. The van der Waals surface area contributed by atoms with Crippen molar-refractivity contribution in [3.63, 3.8) is 0 Å². The first-order chi connectivity index (χ1) is 10.1. The van der Waals surface area contributed by atoms with E-state index in [4.69, 9.17) is 0 Å². The van der Waals surface area contributed by atoms with Crippen LogP contribution in [-0.2, 0) is 0 Å². The quantitative estimate of drug-likeness (QED) is 0.719. The van der Waals surface area contributed by atoms with Crippen molar-refractivity contribution in [2.75, 3.05) is 0 Å². The van der Waals surface area contributed by atoms with Crippen LogP contribution in [0.4, 0.5) is 0 Å². The van der Waals surface area contributed by atoms with Crippen LogP contribution < -0.4 is 0 Å². The largest absolute Gasteiger partial charge is 0.293 e. The standard InChI is InChI=1S/C18H16O2S/c1-3-18(2)16(19)12-8-4-6-10-14(12)21-15-11-7-5-9-13(15)17(18)20/h4-11H,3H2,1-2H3. The SMILES string of the molecule is CCC1(C)C(=O)c2ccccc2Sc2ccccc2C1=O. The Balaban J connectivity index is 2.30. The van der Waals surface area contributed by atoms with Gasteiger partial charge in [0.15, 0.2) is 11.6 Å². The van der Waals surface area contributed by atoms with Crippen molar-refractivity contribution in [2.24, 2.45) is 5.41 Å². The number of ketones is 2. The van der Waals surface area contributed by atoms with Gasteiger partial charge in [-0.1, -0.05) is 55.1 Å². The number of benzene rings is 2. The average Bonchev–Trinajstić information content (AvgIpc) is 2.53. The summed E-state index contributed by atoms with van der Waals surface area (Å²) in [6.07, 6.45) is 0.498. The zero-order chi connectivity index (χ0) is 15.0. The lowest BCUT2D eigenvalue weighted by Gasteiger charge is -2.29. The molecule has 0 saturated carbocycles. The smallest absolute Gasteiger partial charge is 0.177 e. The Hall–Kier alpha value is -1.87. The molecule has 0 spiro atoms. The van der Waals surface area contributed by atoms with Crippen LogP contribution in [-0.4, -0.2) is 11.6 Å². The number of hydrogen-bond donors (Lipinski definition) is 0.